The number of hydrogen-bond donors (Lipinski definition) is 3. The van der Waals surface area contributed by atoms with Gasteiger partial charge in [-0.1, -0.05) is 63.9 Å². The lowest BCUT2D eigenvalue weighted by Gasteiger charge is -2.42. The normalized spacial score (nSPS) is 26.4. The Hall–Kier alpha value is -6.25. The van der Waals surface area contributed by atoms with Crippen LogP contribution in [0.5, 0.6) is 11.5 Å². The summed E-state index contributed by atoms with van der Waals surface area (Å²) in [6.45, 7) is 10.6. The van der Waals surface area contributed by atoms with E-state index in [2.05, 4.69) is 15.8 Å². The highest BCUT2D eigenvalue weighted by atomic mass is 35.5. The van der Waals surface area contributed by atoms with Gasteiger partial charge in [-0.15, -0.1) is 5.06 Å². The van der Waals surface area contributed by atoms with Crippen molar-refractivity contribution in [3.8, 4) is 11.5 Å². The maximum Gasteiger partial charge on any atom is 0.409 e. The number of aliphatic hydroxyl groups is 1. The number of halogens is 2. The Morgan fingerprint density at radius 1 is 1.06 bits per heavy atom. The highest BCUT2D eigenvalue weighted by Gasteiger charge is 2.64. The van der Waals surface area contributed by atoms with E-state index in [9.17, 15) is 43.5 Å². The highest BCUT2D eigenvalue weighted by molar-refractivity contribution is 8.77. The molecule has 22 nitrogen and oxygen atoms in total. The van der Waals surface area contributed by atoms with Crippen molar-refractivity contribution in [2.24, 2.45) is 11.0 Å². The van der Waals surface area contributed by atoms with Crippen LogP contribution in [-0.4, -0.2) is 156 Å². The van der Waals surface area contributed by atoms with E-state index in [1.165, 1.54) is 65.6 Å². The third-order valence-electron chi connectivity index (χ3n) is 15.4. The van der Waals surface area contributed by atoms with E-state index in [0.29, 0.717) is 59.2 Å². The van der Waals surface area contributed by atoms with Crippen LogP contribution in [0, 0.1) is 11.7 Å². The smallest absolute Gasteiger partial charge is 0.409 e. The number of imide groups is 1. The number of rotatable bonds is 19. The molecule has 4 aliphatic heterocycles. The molecule has 4 bridgehead atoms. The molecule has 458 valence electrons. The number of ether oxygens (including phenoxy) is 6. The summed E-state index contributed by atoms with van der Waals surface area (Å²) in [6, 6.07) is 5.32. The highest BCUT2D eigenvalue weighted by Crippen LogP contribution is 2.49. The standard InChI is InChI=1S/C58H74ClFN6O16S2/c1-32-14-11-17-43(77-10)58(75)30-42(79-55(74)61-58)33(2)53-57(6,81-53)44(29-49(71)65(8)40-25-35(24-32)26-41(76-9)52(40)59)80-54(73)34(3)64(7)46(68)21-23-83-84-56(4,5)31-45(67)63-62-39-16-12-15-36-27-37(28-38(60)51(36)39)78-22-13-18-50(72)82-66-47(69)19-20-48(66)70/h11,14,17,25-28,33-34,42-44,53,75H,12-13,15-16,18-24,29-31H2,1-10H3,(H,61,74)(H,63,67)/b17-11+,32-14+,62-39+/t33-,34+,42+,43-,44+,53+,57?,58+/m1/s1. The van der Waals surface area contributed by atoms with Crippen LogP contribution >= 0.6 is 33.2 Å². The van der Waals surface area contributed by atoms with Crippen LogP contribution in [0.1, 0.15) is 122 Å². The number of epoxide rings is 1. The van der Waals surface area contributed by atoms with E-state index in [1.54, 1.807) is 51.2 Å². The minimum Gasteiger partial charge on any atom is -0.495 e. The molecule has 8 atom stereocenters. The first-order valence-corrected chi connectivity index (χ1v) is 30.4. The van der Waals surface area contributed by atoms with Crippen LogP contribution in [0.25, 0.3) is 0 Å². The number of esters is 1. The van der Waals surface area contributed by atoms with E-state index in [4.69, 9.17) is 44.9 Å². The molecule has 3 fully saturated rings. The number of benzene rings is 2. The van der Waals surface area contributed by atoms with Crippen molar-refractivity contribution in [1.82, 2.24) is 20.7 Å². The SMILES string of the molecule is COc1cc2cc(c1Cl)N(C)C(=O)C[C@H](OC(=O)[C@H](C)N(C)C(=O)CCSSC(C)(C)CC(=O)N/N=C1\CCCc3cc(OCCCC(=O)ON4C(=O)CCC4=O)cc(F)c31)C1(C)O[C@H]1[C@H](C)[C@@H]1C[C@@](O)(NC(=O)O1)[C@H](OC)/C=C/C=C(\C)C2. The number of anilines is 1. The topological polar surface area (TPSA) is 271 Å². The fourth-order valence-corrected chi connectivity index (χ4v) is 13.2. The first kappa shape index (κ1) is 65.3. The Labute approximate surface area is 500 Å². The van der Waals surface area contributed by atoms with Crippen LogP contribution in [-0.2, 0) is 70.2 Å². The van der Waals surface area contributed by atoms with Gasteiger partial charge < -0.3 is 48.2 Å². The van der Waals surface area contributed by atoms with E-state index in [-0.39, 0.29) is 80.2 Å². The number of methoxy groups -OCH3 is 2. The lowest BCUT2D eigenvalue weighted by atomic mass is 9.83. The summed E-state index contributed by atoms with van der Waals surface area (Å²) >= 11 is 6.83. The van der Waals surface area contributed by atoms with Crippen LogP contribution < -0.4 is 25.1 Å². The Bertz CT molecular complexity index is 2970. The number of hydroxylamine groups is 2. The minimum atomic E-state index is -1.89. The second-order valence-electron chi connectivity index (χ2n) is 22.4. The predicted molar refractivity (Wildman–Crippen MR) is 310 cm³/mol. The van der Waals surface area contributed by atoms with Gasteiger partial charge in [0.05, 0.1) is 44.1 Å². The van der Waals surface area contributed by atoms with Gasteiger partial charge in [-0.05, 0) is 96.0 Å². The maximum absolute atomic E-state index is 15.6. The van der Waals surface area contributed by atoms with E-state index < -0.39 is 99.9 Å². The molecule has 0 radical (unpaired) electrons. The molecule has 4 heterocycles. The molecular weight excluding hydrogens is 1160 g/mol. The van der Waals surface area contributed by atoms with Gasteiger partial charge in [0.15, 0.2) is 5.72 Å². The van der Waals surface area contributed by atoms with Crippen molar-refractivity contribution in [3.63, 3.8) is 0 Å². The number of nitrogens with zero attached hydrogens (tertiary/aromatic N) is 4. The van der Waals surface area contributed by atoms with Crippen LogP contribution in [0.15, 0.2) is 53.2 Å². The van der Waals surface area contributed by atoms with Crippen molar-refractivity contribution >= 4 is 92.2 Å². The number of carbonyl (C=O) groups is 8. The summed E-state index contributed by atoms with van der Waals surface area (Å²) < 4.78 is 50.2. The molecule has 0 spiro atoms. The van der Waals surface area contributed by atoms with Crippen molar-refractivity contribution in [2.75, 3.05) is 45.6 Å². The van der Waals surface area contributed by atoms with Crippen molar-refractivity contribution in [1.29, 1.82) is 0 Å². The summed E-state index contributed by atoms with van der Waals surface area (Å²) in [5, 5.41) is 19.4. The van der Waals surface area contributed by atoms with Crippen molar-refractivity contribution in [2.45, 2.75) is 165 Å². The lowest BCUT2D eigenvalue weighted by molar-refractivity contribution is -0.197. The van der Waals surface area contributed by atoms with Gasteiger partial charge >= 0.3 is 18.0 Å². The summed E-state index contributed by atoms with van der Waals surface area (Å²) in [5.41, 5.74) is 2.68. The molecule has 5 aliphatic rings. The summed E-state index contributed by atoms with van der Waals surface area (Å²) in [7, 11) is 8.66. The molecule has 2 aromatic carbocycles. The monoisotopic (exact) mass is 1230 g/mol. The molecule has 2 aromatic rings. The molecule has 26 heteroatoms. The number of amides is 6. The lowest BCUT2D eigenvalue weighted by Crippen LogP contribution is -2.63. The Balaban J connectivity index is 0.932. The molecule has 1 unspecified atom stereocenters. The molecule has 7 rings (SSSR count). The summed E-state index contributed by atoms with van der Waals surface area (Å²) in [4.78, 5) is 112. The molecule has 3 saturated heterocycles. The molecule has 84 heavy (non-hydrogen) atoms. The van der Waals surface area contributed by atoms with Gasteiger partial charge in [0.2, 0.25) is 17.7 Å². The summed E-state index contributed by atoms with van der Waals surface area (Å²) in [5.74, 6) is -4.28. The van der Waals surface area contributed by atoms with Crippen LogP contribution in [0.4, 0.5) is 14.9 Å². The van der Waals surface area contributed by atoms with Crippen LogP contribution in [0.2, 0.25) is 5.02 Å². The Morgan fingerprint density at radius 3 is 2.49 bits per heavy atom. The third kappa shape index (κ3) is 16.0. The fraction of sp³-hybridized carbons (Fsp3) is 0.569. The predicted octanol–water partition coefficient (Wildman–Crippen LogP) is 7.22. The Kier molecular flexibility index (Phi) is 21.6. The van der Waals surface area contributed by atoms with Gasteiger partial charge in [0.25, 0.3) is 11.8 Å². The van der Waals surface area contributed by atoms with Crippen molar-refractivity contribution < 1.29 is 81.1 Å². The number of hydrogen-bond acceptors (Lipinski definition) is 19. The third-order valence-corrected chi connectivity index (χ3v) is 19.1. The van der Waals surface area contributed by atoms with E-state index >= 15 is 4.39 Å². The Morgan fingerprint density at radius 2 is 1.79 bits per heavy atom. The number of aryl methyl sites for hydroxylation is 1. The number of fused-ring (bicyclic) bond motifs is 6. The molecule has 1 aliphatic carbocycles. The summed E-state index contributed by atoms with van der Waals surface area (Å²) in [6.07, 6.45) is 2.06. The maximum atomic E-state index is 15.6. The number of likely N-dealkylation sites (N-methyl/N-ethyl adjacent to an activating group) is 1. The van der Waals surface area contributed by atoms with E-state index in [0.717, 1.165) is 11.1 Å². The number of nitrogens with one attached hydrogen (secondary N) is 2. The zero-order valence-electron chi connectivity index (χ0n) is 48.8. The van der Waals surface area contributed by atoms with E-state index in [1.807, 2.05) is 26.8 Å². The number of allylic oxidation sites excluding steroid dienone is 3. The number of carbonyl (C=O) groups excluding carboxylic acids is 8. The molecular formula is C58H74ClFN6O16S2. The zero-order valence-corrected chi connectivity index (χ0v) is 51.2. The van der Waals surface area contributed by atoms with Gasteiger partial charge in [-0.3, -0.25) is 29.3 Å². The van der Waals surface area contributed by atoms with Crippen LogP contribution in [0.3, 0.4) is 0 Å². The second-order valence-corrected chi connectivity index (χ2v) is 25.9. The van der Waals surface area contributed by atoms with Gasteiger partial charge in [-0.25, -0.2) is 24.2 Å². The van der Waals surface area contributed by atoms with Gasteiger partial charge in [0.1, 0.15) is 52.3 Å². The minimum absolute atomic E-state index is 0.0120. The molecule has 0 saturated carbocycles. The second kappa shape index (κ2) is 27.9. The number of alkyl carbamates (subject to hydrolysis) is 1. The quantitative estimate of drug-likeness (QED) is 0.0313. The average Bonchev–Trinajstić information content (AvgIpc) is 3.64. The van der Waals surface area contributed by atoms with Crippen molar-refractivity contribution in [3.05, 3.63) is 75.6 Å². The largest absolute Gasteiger partial charge is 0.495 e. The van der Waals surface area contributed by atoms with Gasteiger partial charge in [-0.2, -0.15) is 5.10 Å². The molecule has 6 amide bonds. The fourth-order valence-electron chi connectivity index (χ4n) is 10.4. The van der Waals surface area contributed by atoms with Gasteiger partial charge in [0, 0.05) is 81.4 Å². The zero-order chi connectivity index (χ0) is 61.4. The molecule has 0 aromatic heterocycles. The molecule has 3 N–H and O–H groups in total. The average molecular weight is 1230 g/mol. The first-order chi connectivity index (χ1) is 39.7. The number of hydrazone groups is 1. The first-order valence-electron chi connectivity index (χ1n) is 27.7.